The lowest BCUT2D eigenvalue weighted by molar-refractivity contribution is 0.188. The van der Waals surface area contributed by atoms with Crippen LogP contribution in [0.15, 0.2) is 59.6 Å². The molecule has 0 unspecified atom stereocenters. The van der Waals surface area contributed by atoms with Crippen LogP contribution in [0, 0.1) is 0 Å². The molecule has 3 aromatic rings. The number of aromatic nitrogens is 1. The highest BCUT2D eigenvalue weighted by atomic mass is 32.2. The molecule has 1 aromatic heterocycles. The van der Waals surface area contributed by atoms with Crippen molar-refractivity contribution in [1.82, 2.24) is 4.57 Å². The number of nitrogens with zero attached hydrogens (tertiary/aromatic N) is 1. The van der Waals surface area contributed by atoms with Crippen molar-refractivity contribution >= 4 is 26.6 Å². The number of methoxy groups -OCH3 is 1. The first-order chi connectivity index (χ1) is 12.4. The van der Waals surface area contributed by atoms with Crippen molar-refractivity contribution in [3.63, 3.8) is 0 Å². The molecule has 138 valence electrons. The molecule has 26 heavy (non-hydrogen) atoms. The molecular weight excluding hydrogens is 348 g/mol. The van der Waals surface area contributed by atoms with E-state index in [9.17, 15) is 8.42 Å². The van der Waals surface area contributed by atoms with Gasteiger partial charge in [-0.05, 0) is 47.9 Å². The SMILES string of the molecule is COCCn1ccc2cc(NS(=O)(=O)c3ccc(C(C)C)cc3)ccc21. The zero-order chi connectivity index (χ0) is 18.7. The van der Waals surface area contributed by atoms with E-state index >= 15 is 0 Å². The van der Waals surface area contributed by atoms with Gasteiger partial charge in [-0.3, -0.25) is 4.72 Å². The lowest BCUT2D eigenvalue weighted by Gasteiger charge is -2.11. The van der Waals surface area contributed by atoms with E-state index in [2.05, 4.69) is 23.1 Å². The molecule has 0 aliphatic heterocycles. The third kappa shape index (κ3) is 3.92. The third-order valence-corrected chi connectivity index (χ3v) is 5.81. The molecule has 6 heteroatoms. The standard InChI is InChI=1S/C20H24N2O3S/c1-15(2)16-4-7-19(8-5-16)26(23,24)21-18-6-9-20-17(14-18)10-11-22(20)12-13-25-3/h4-11,14-15,21H,12-13H2,1-3H3. The van der Waals surface area contributed by atoms with Crippen molar-refractivity contribution in [1.29, 1.82) is 0 Å². The maximum Gasteiger partial charge on any atom is 0.261 e. The highest BCUT2D eigenvalue weighted by Gasteiger charge is 2.15. The number of rotatable bonds is 7. The highest BCUT2D eigenvalue weighted by Crippen LogP contribution is 2.24. The summed E-state index contributed by atoms with van der Waals surface area (Å²) in [7, 11) is -1.94. The second-order valence-corrected chi connectivity index (χ2v) is 8.29. The van der Waals surface area contributed by atoms with Crippen LogP contribution in [0.2, 0.25) is 0 Å². The molecule has 0 radical (unpaired) electrons. The number of anilines is 1. The first kappa shape index (κ1) is 18.5. The van der Waals surface area contributed by atoms with Gasteiger partial charge in [-0.2, -0.15) is 0 Å². The fourth-order valence-corrected chi connectivity index (χ4v) is 3.94. The summed E-state index contributed by atoms with van der Waals surface area (Å²) in [6, 6.07) is 14.5. The average molecular weight is 372 g/mol. The Morgan fingerprint density at radius 2 is 1.81 bits per heavy atom. The number of nitrogens with one attached hydrogen (secondary N) is 1. The summed E-state index contributed by atoms with van der Waals surface area (Å²) in [6.45, 7) is 5.54. The summed E-state index contributed by atoms with van der Waals surface area (Å²) in [5.74, 6) is 0.365. The van der Waals surface area contributed by atoms with Gasteiger partial charge in [0, 0.05) is 36.4 Å². The zero-order valence-corrected chi connectivity index (χ0v) is 16.1. The quantitative estimate of drug-likeness (QED) is 0.676. The second kappa shape index (κ2) is 7.51. The van der Waals surface area contributed by atoms with Crippen LogP contribution in [-0.2, 0) is 21.3 Å². The van der Waals surface area contributed by atoms with Crippen LogP contribution in [0.1, 0.15) is 25.3 Å². The van der Waals surface area contributed by atoms with E-state index in [1.807, 2.05) is 36.5 Å². The van der Waals surface area contributed by atoms with Gasteiger partial charge in [0.25, 0.3) is 10.0 Å². The maximum absolute atomic E-state index is 12.6. The molecule has 1 heterocycles. The smallest absolute Gasteiger partial charge is 0.261 e. The van der Waals surface area contributed by atoms with Gasteiger partial charge in [0.15, 0.2) is 0 Å². The number of hydrogen-bond acceptors (Lipinski definition) is 3. The third-order valence-electron chi connectivity index (χ3n) is 4.42. The van der Waals surface area contributed by atoms with Crippen molar-refractivity contribution in [2.24, 2.45) is 0 Å². The fraction of sp³-hybridized carbons (Fsp3) is 0.300. The molecule has 0 saturated heterocycles. The Kier molecular flexibility index (Phi) is 5.34. The number of ether oxygens (including phenoxy) is 1. The number of sulfonamides is 1. The van der Waals surface area contributed by atoms with E-state index in [0.717, 1.165) is 23.0 Å². The van der Waals surface area contributed by atoms with Gasteiger partial charge in [-0.15, -0.1) is 0 Å². The lowest BCUT2D eigenvalue weighted by Crippen LogP contribution is -2.13. The molecule has 0 amide bonds. The monoisotopic (exact) mass is 372 g/mol. The maximum atomic E-state index is 12.6. The van der Waals surface area contributed by atoms with Crippen molar-refractivity contribution < 1.29 is 13.2 Å². The van der Waals surface area contributed by atoms with E-state index < -0.39 is 10.0 Å². The average Bonchev–Trinajstić information content (AvgIpc) is 3.02. The fourth-order valence-electron chi connectivity index (χ4n) is 2.89. The number of benzene rings is 2. The second-order valence-electron chi connectivity index (χ2n) is 6.60. The van der Waals surface area contributed by atoms with Gasteiger partial charge in [0.1, 0.15) is 0 Å². The van der Waals surface area contributed by atoms with Gasteiger partial charge < -0.3 is 9.30 Å². The van der Waals surface area contributed by atoms with Crippen LogP contribution in [-0.4, -0.2) is 26.7 Å². The molecule has 0 fully saturated rings. The predicted octanol–water partition coefficient (Wildman–Crippen LogP) is 4.21. The van der Waals surface area contributed by atoms with Crippen LogP contribution >= 0.6 is 0 Å². The van der Waals surface area contributed by atoms with E-state index in [-0.39, 0.29) is 4.90 Å². The molecule has 2 aromatic carbocycles. The Morgan fingerprint density at radius 1 is 1.08 bits per heavy atom. The Balaban J connectivity index is 1.83. The Bertz CT molecular complexity index is 990. The van der Waals surface area contributed by atoms with Crippen LogP contribution in [0.25, 0.3) is 10.9 Å². The molecule has 3 rings (SSSR count). The summed E-state index contributed by atoms with van der Waals surface area (Å²) in [4.78, 5) is 0.264. The van der Waals surface area contributed by atoms with E-state index in [1.165, 1.54) is 0 Å². The van der Waals surface area contributed by atoms with Crippen molar-refractivity contribution in [2.45, 2.75) is 31.2 Å². The van der Waals surface area contributed by atoms with Gasteiger partial charge >= 0.3 is 0 Å². The first-order valence-electron chi connectivity index (χ1n) is 8.61. The minimum Gasteiger partial charge on any atom is -0.383 e. The number of fused-ring (bicyclic) bond motifs is 1. The summed E-state index contributed by atoms with van der Waals surface area (Å²) in [5.41, 5.74) is 2.71. The van der Waals surface area contributed by atoms with Gasteiger partial charge in [-0.25, -0.2) is 8.42 Å². The molecule has 1 N–H and O–H groups in total. The zero-order valence-electron chi connectivity index (χ0n) is 15.3. The molecule has 0 bridgehead atoms. The van der Waals surface area contributed by atoms with E-state index in [1.54, 1.807) is 25.3 Å². The summed E-state index contributed by atoms with van der Waals surface area (Å²) < 4.78 is 35.1. The van der Waals surface area contributed by atoms with Crippen LogP contribution < -0.4 is 4.72 Å². The van der Waals surface area contributed by atoms with Crippen LogP contribution in [0.5, 0.6) is 0 Å². The van der Waals surface area contributed by atoms with Crippen molar-refractivity contribution in [3.05, 3.63) is 60.3 Å². The highest BCUT2D eigenvalue weighted by molar-refractivity contribution is 7.92. The van der Waals surface area contributed by atoms with Gasteiger partial charge in [0.2, 0.25) is 0 Å². The summed E-state index contributed by atoms with van der Waals surface area (Å²) >= 11 is 0. The van der Waals surface area contributed by atoms with Crippen molar-refractivity contribution in [2.75, 3.05) is 18.4 Å². The van der Waals surface area contributed by atoms with E-state index in [4.69, 9.17) is 4.74 Å². The minimum absolute atomic E-state index is 0.264. The molecular formula is C20H24N2O3S. The summed E-state index contributed by atoms with van der Waals surface area (Å²) in [6.07, 6.45) is 1.98. The predicted molar refractivity (Wildman–Crippen MR) is 105 cm³/mol. The topological polar surface area (TPSA) is 60.3 Å². The molecule has 0 aliphatic rings. The Morgan fingerprint density at radius 3 is 2.46 bits per heavy atom. The molecule has 0 saturated carbocycles. The van der Waals surface area contributed by atoms with E-state index in [0.29, 0.717) is 18.2 Å². The van der Waals surface area contributed by atoms with Crippen LogP contribution in [0.4, 0.5) is 5.69 Å². The summed E-state index contributed by atoms with van der Waals surface area (Å²) in [5, 5.41) is 0.983. The van der Waals surface area contributed by atoms with Crippen LogP contribution in [0.3, 0.4) is 0 Å². The molecule has 0 atom stereocenters. The van der Waals surface area contributed by atoms with Gasteiger partial charge in [0.05, 0.1) is 11.5 Å². The molecule has 5 nitrogen and oxygen atoms in total. The normalized spacial score (nSPS) is 12.0. The molecule has 0 aliphatic carbocycles. The Labute approximate surface area is 154 Å². The van der Waals surface area contributed by atoms with Crippen molar-refractivity contribution in [3.8, 4) is 0 Å². The lowest BCUT2D eigenvalue weighted by atomic mass is 10.0. The Hall–Kier alpha value is -2.31. The minimum atomic E-state index is -3.61. The first-order valence-corrected chi connectivity index (χ1v) is 10.1. The molecule has 0 spiro atoms. The largest absolute Gasteiger partial charge is 0.383 e. The van der Waals surface area contributed by atoms with Gasteiger partial charge in [-0.1, -0.05) is 26.0 Å². The number of hydrogen-bond donors (Lipinski definition) is 1.